The van der Waals surface area contributed by atoms with Crippen LogP contribution in [0.25, 0.3) is 10.9 Å². The lowest BCUT2D eigenvalue weighted by Crippen LogP contribution is -2.27. The summed E-state index contributed by atoms with van der Waals surface area (Å²) in [6.07, 6.45) is 2.76. The van der Waals surface area contributed by atoms with Gasteiger partial charge in [-0.3, -0.25) is 4.79 Å². The average molecular weight is 288 g/mol. The third-order valence-corrected chi connectivity index (χ3v) is 3.03. The fraction of sp³-hybridized carbons (Fsp3) is 0.400. The van der Waals surface area contributed by atoms with Crippen molar-refractivity contribution >= 4 is 22.6 Å². The molecule has 0 saturated carbocycles. The number of nitrogens with one attached hydrogen (secondary N) is 2. The Morgan fingerprint density at radius 2 is 2.10 bits per heavy atom. The maximum Gasteiger partial charge on any atom is 0.221 e. The number of amides is 1. The van der Waals surface area contributed by atoms with Crippen molar-refractivity contribution in [3.05, 3.63) is 30.6 Å². The van der Waals surface area contributed by atoms with Gasteiger partial charge in [-0.05, 0) is 18.6 Å². The van der Waals surface area contributed by atoms with Gasteiger partial charge in [0.15, 0.2) is 0 Å². The van der Waals surface area contributed by atoms with E-state index >= 15 is 0 Å². The van der Waals surface area contributed by atoms with E-state index in [2.05, 4.69) is 20.6 Å². The Bertz CT molecular complexity index is 583. The smallest absolute Gasteiger partial charge is 0.221 e. The first-order chi connectivity index (χ1) is 10.3. The third kappa shape index (κ3) is 4.68. The number of nitrogens with zero attached hydrogens (tertiary/aromatic N) is 2. The Kier molecular flexibility index (Phi) is 5.90. The topological polar surface area (TPSA) is 76.1 Å². The number of hydrogen-bond donors (Lipinski definition) is 2. The molecule has 6 heteroatoms. The van der Waals surface area contributed by atoms with Gasteiger partial charge in [0, 0.05) is 38.6 Å². The van der Waals surface area contributed by atoms with E-state index in [-0.39, 0.29) is 5.91 Å². The highest BCUT2D eigenvalue weighted by molar-refractivity contribution is 5.88. The van der Waals surface area contributed by atoms with Crippen molar-refractivity contribution in [2.24, 2.45) is 0 Å². The predicted molar refractivity (Wildman–Crippen MR) is 82.1 cm³/mol. The molecule has 0 radical (unpaired) electrons. The molecule has 6 nitrogen and oxygen atoms in total. The van der Waals surface area contributed by atoms with Crippen LogP contribution in [0.15, 0.2) is 30.6 Å². The number of hydrogen-bond acceptors (Lipinski definition) is 5. The molecular weight excluding hydrogens is 268 g/mol. The Morgan fingerprint density at radius 3 is 2.95 bits per heavy atom. The molecule has 1 aromatic heterocycles. The second-order valence-corrected chi connectivity index (χ2v) is 4.61. The summed E-state index contributed by atoms with van der Waals surface area (Å²) in [4.78, 5) is 20.1. The molecule has 2 aromatic rings. The highest BCUT2D eigenvalue weighted by Gasteiger charge is 2.04. The van der Waals surface area contributed by atoms with Gasteiger partial charge in [0.05, 0.1) is 5.52 Å². The molecule has 0 spiro atoms. The largest absolute Gasteiger partial charge is 0.385 e. The van der Waals surface area contributed by atoms with Crippen LogP contribution in [0, 0.1) is 0 Å². The Balaban J connectivity index is 1.78. The van der Waals surface area contributed by atoms with Gasteiger partial charge in [-0.2, -0.15) is 0 Å². The molecule has 112 valence electrons. The summed E-state index contributed by atoms with van der Waals surface area (Å²) in [7, 11) is 1.65. The van der Waals surface area contributed by atoms with E-state index in [9.17, 15) is 4.79 Å². The fourth-order valence-corrected chi connectivity index (χ4v) is 1.97. The molecule has 0 fully saturated rings. The Morgan fingerprint density at radius 1 is 1.24 bits per heavy atom. The van der Waals surface area contributed by atoms with E-state index in [4.69, 9.17) is 4.74 Å². The summed E-state index contributed by atoms with van der Waals surface area (Å²) in [5.74, 6) is 0.782. The van der Waals surface area contributed by atoms with Crippen molar-refractivity contribution in [2.45, 2.75) is 12.8 Å². The van der Waals surface area contributed by atoms with Gasteiger partial charge >= 0.3 is 0 Å². The number of methoxy groups -OCH3 is 1. The number of benzene rings is 1. The fourth-order valence-electron chi connectivity index (χ4n) is 1.97. The van der Waals surface area contributed by atoms with Crippen LogP contribution < -0.4 is 10.6 Å². The monoisotopic (exact) mass is 288 g/mol. The summed E-state index contributed by atoms with van der Waals surface area (Å²) in [5, 5.41) is 6.99. The number of rotatable bonds is 8. The summed E-state index contributed by atoms with van der Waals surface area (Å²) >= 11 is 0. The zero-order valence-corrected chi connectivity index (χ0v) is 12.1. The molecule has 0 aliphatic heterocycles. The van der Waals surface area contributed by atoms with Crippen LogP contribution in [-0.4, -0.2) is 42.7 Å². The van der Waals surface area contributed by atoms with Crippen LogP contribution in [0.5, 0.6) is 0 Å². The highest BCUT2D eigenvalue weighted by Crippen LogP contribution is 2.17. The van der Waals surface area contributed by atoms with E-state index in [1.54, 1.807) is 7.11 Å². The van der Waals surface area contributed by atoms with Gasteiger partial charge < -0.3 is 15.4 Å². The zero-order valence-electron chi connectivity index (χ0n) is 12.1. The summed E-state index contributed by atoms with van der Waals surface area (Å²) < 4.78 is 4.93. The van der Waals surface area contributed by atoms with Crippen LogP contribution in [0.2, 0.25) is 0 Å². The number of ether oxygens (including phenoxy) is 1. The summed E-state index contributed by atoms with van der Waals surface area (Å²) in [5.41, 5.74) is 0.888. The first-order valence-electron chi connectivity index (χ1n) is 7.00. The average Bonchev–Trinajstić information content (AvgIpc) is 2.52. The molecule has 0 bridgehead atoms. The SMILES string of the molecule is COCCCNC(=O)CCNc1ncnc2ccccc12. The lowest BCUT2D eigenvalue weighted by molar-refractivity contribution is -0.120. The standard InChI is InChI=1S/C15H20N4O2/c1-21-10-4-8-16-14(20)7-9-17-15-12-5-2-3-6-13(12)18-11-19-15/h2-3,5-6,11H,4,7-10H2,1H3,(H,16,20)(H,17,18,19). The molecule has 1 amide bonds. The first-order valence-corrected chi connectivity index (χ1v) is 7.00. The van der Waals surface area contributed by atoms with E-state index < -0.39 is 0 Å². The number of carbonyl (C=O) groups is 1. The molecule has 0 saturated heterocycles. The molecule has 21 heavy (non-hydrogen) atoms. The molecule has 2 N–H and O–H groups in total. The van der Waals surface area contributed by atoms with Gasteiger partial charge in [-0.1, -0.05) is 12.1 Å². The quantitative estimate of drug-likeness (QED) is 0.721. The molecule has 2 rings (SSSR count). The van der Waals surface area contributed by atoms with Crippen LogP contribution >= 0.6 is 0 Å². The van der Waals surface area contributed by atoms with E-state index in [0.29, 0.717) is 26.1 Å². The number of carbonyl (C=O) groups excluding carboxylic acids is 1. The number of para-hydroxylation sites is 1. The number of fused-ring (bicyclic) bond motifs is 1. The van der Waals surface area contributed by atoms with Crippen molar-refractivity contribution < 1.29 is 9.53 Å². The molecule has 0 aliphatic carbocycles. The molecular formula is C15H20N4O2. The second-order valence-electron chi connectivity index (χ2n) is 4.61. The highest BCUT2D eigenvalue weighted by atomic mass is 16.5. The molecule has 0 aliphatic rings. The van der Waals surface area contributed by atoms with E-state index in [0.717, 1.165) is 23.1 Å². The minimum atomic E-state index is 0.0250. The molecule has 1 aromatic carbocycles. The molecule has 0 unspecified atom stereocenters. The maximum absolute atomic E-state index is 11.6. The minimum absolute atomic E-state index is 0.0250. The van der Waals surface area contributed by atoms with Gasteiger partial charge in [-0.15, -0.1) is 0 Å². The van der Waals surface area contributed by atoms with Crippen LogP contribution in [0.1, 0.15) is 12.8 Å². The predicted octanol–water partition coefficient (Wildman–Crippen LogP) is 1.58. The third-order valence-electron chi connectivity index (χ3n) is 3.03. The van der Waals surface area contributed by atoms with Gasteiger partial charge in [0.25, 0.3) is 0 Å². The minimum Gasteiger partial charge on any atom is -0.385 e. The van der Waals surface area contributed by atoms with Crippen LogP contribution in [0.3, 0.4) is 0 Å². The van der Waals surface area contributed by atoms with Crippen LogP contribution in [0.4, 0.5) is 5.82 Å². The van der Waals surface area contributed by atoms with Gasteiger partial charge in [-0.25, -0.2) is 9.97 Å². The number of anilines is 1. The normalized spacial score (nSPS) is 10.5. The van der Waals surface area contributed by atoms with Crippen molar-refractivity contribution in [1.82, 2.24) is 15.3 Å². The molecule has 1 heterocycles. The second kappa shape index (κ2) is 8.16. The summed E-state index contributed by atoms with van der Waals surface area (Å²) in [6, 6.07) is 7.78. The first kappa shape index (κ1) is 15.2. The molecule has 0 atom stereocenters. The zero-order chi connectivity index (χ0) is 14.9. The van der Waals surface area contributed by atoms with Gasteiger partial charge in [0.2, 0.25) is 5.91 Å². The van der Waals surface area contributed by atoms with Crippen molar-refractivity contribution in [3.63, 3.8) is 0 Å². The number of aromatic nitrogens is 2. The van der Waals surface area contributed by atoms with Crippen molar-refractivity contribution in [1.29, 1.82) is 0 Å². The van der Waals surface area contributed by atoms with Crippen LogP contribution in [-0.2, 0) is 9.53 Å². The van der Waals surface area contributed by atoms with E-state index in [1.807, 2.05) is 24.3 Å². The maximum atomic E-state index is 11.6. The summed E-state index contributed by atoms with van der Waals surface area (Å²) in [6.45, 7) is 1.84. The lowest BCUT2D eigenvalue weighted by Gasteiger charge is -2.08. The Labute approximate surface area is 123 Å². The van der Waals surface area contributed by atoms with Crippen molar-refractivity contribution in [2.75, 3.05) is 32.1 Å². The van der Waals surface area contributed by atoms with Gasteiger partial charge in [0.1, 0.15) is 12.1 Å². The van der Waals surface area contributed by atoms with Crippen molar-refractivity contribution in [3.8, 4) is 0 Å². The van der Waals surface area contributed by atoms with E-state index in [1.165, 1.54) is 6.33 Å². The lowest BCUT2D eigenvalue weighted by atomic mass is 10.2. The Hall–Kier alpha value is -2.21.